The summed E-state index contributed by atoms with van der Waals surface area (Å²) in [4.78, 5) is 15.8. The average Bonchev–Trinajstić information content (AvgIpc) is 3.01. The Kier molecular flexibility index (Phi) is 5.41. The standard InChI is InChI=1S/C19H21N5O/c1-15-16(14-24(23-15)18-9-3-2-4-10-18)7-5-12-21-19(25)22-17-8-6-11-20-13-17/h2-4,6,8-11,13-14H,5,7,12H2,1H3,(H2,21,22,25). The second kappa shape index (κ2) is 8.10. The molecule has 0 fully saturated rings. The lowest BCUT2D eigenvalue weighted by atomic mass is 10.1. The third kappa shape index (κ3) is 4.67. The molecule has 3 rings (SSSR count). The molecule has 0 saturated heterocycles. The Morgan fingerprint density at radius 3 is 2.76 bits per heavy atom. The van der Waals surface area contributed by atoms with Crippen molar-refractivity contribution in [3.63, 3.8) is 0 Å². The van der Waals surface area contributed by atoms with E-state index in [1.54, 1.807) is 24.5 Å². The highest BCUT2D eigenvalue weighted by Crippen LogP contribution is 2.13. The molecule has 0 spiro atoms. The first-order valence-corrected chi connectivity index (χ1v) is 8.28. The summed E-state index contributed by atoms with van der Waals surface area (Å²) in [5.41, 5.74) is 3.94. The molecule has 0 aliphatic heterocycles. The number of hydrogen-bond donors (Lipinski definition) is 2. The molecule has 2 aromatic heterocycles. The summed E-state index contributed by atoms with van der Waals surface area (Å²) in [6, 6.07) is 13.4. The molecule has 0 aliphatic carbocycles. The van der Waals surface area contributed by atoms with E-state index >= 15 is 0 Å². The molecule has 128 valence electrons. The van der Waals surface area contributed by atoms with Gasteiger partial charge in [-0.15, -0.1) is 0 Å². The highest BCUT2D eigenvalue weighted by Gasteiger charge is 2.07. The van der Waals surface area contributed by atoms with Gasteiger partial charge in [0.15, 0.2) is 0 Å². The molecular weight excluding hydrogens is 314 g/mol. The lowest BCUT2D eigenvalue weighted by Crippen LogP contribution is -2.29. The minimum atomic E-state index is -0.218. The maximum Gasteiger partial charge on any atom is 0.319 e. The smallest absolute Gasteiger partial charge is 0.319 e. The van der Waals surface area contributed by atoms with E-state index in [-0.39, 0.29) is 6.03 Å². The highest BCUT2D eigenvalue weighted by molar-refractivity contribution is 5.88. The van der Waals surface area contributed by atoms with Crippen LogP contribution in [0.5, 0.6) is 0 Å². The first kappa shape index (κ1) is 16.7. The largest absolute Gasteiger partial charge is 0.338 e. The van der Waals surface area contributed by atoms with Crippen molar-refractivity contribution in [2.24, 2.45) is 0 Å². The van der Waals surface area contributed by atoms with Crippen LogP contribution in [0.25, 0.3) is 5.69 Å². The van der Waals surface area contributed by atoms with Gasteiger partial charge in [-0.1, -0.05) is 18.2 Å². The molecule has 1 aromatic carbocycles. The van der Waals surface area contributed by atoms with Crippen molar-refractivity contribution in [1.82, 2.24) is 20.1 Å². The van der Waals surface area contributed by atoms with Crippen molar-refractivity contribution in [3.8, 4) is 5.69 Å². The Balaban J connectivity index is 1.46. The van der Waals surface area contributed by atoms with Crippen molar-refractivity contribution in [2.45, 2.75) is 19.8 Å². The van der Waals surface area contributed by atoms with Crippen LogP contribution in [-0.4, -0.2) is 27.3 Å². The van der Waals surface area contributed by atoms with E-state index in [0.717, 1.165) is 24.2 Å². The van der Waals surface area contributed by atoms with Gasteiger partial charge in [-0.05, 0) is 49.6 Å². The van der Waals surface area contributed by atoms with Gasteiger partial charge in [-0.3, -0.25) is 4.98 Å². The van der Waals surface area contributed by atoms with Gasteiger partial charge >= 0.3 is 6.03 Å². The highest BCUT2D eigenvalue weighted by atomic mass is 16.2. The predicted octanol–water partition coefficient (Wildman–Crippen LogP) is 3.33. The Morgan fingerprint density at radius 1 is 1.16 bits per heavy atom. The van der Waals surface area contributed by atoms with Crippen molar-refractivity contribution in [1.29, 1.82) is 0 Å². The number of aryl methyl sites for hydroxylation is 2. The number of para-hydroxylation sites is 1. The zero-order valence-electron chi connectivity index (χ0n) is 14.1. The molecule has 0 unspecified atom stereocenters. The van der Waals surface area contributed by atoms with E-state index in [0.29, 0.717) is 12.2 Å². The topological polar surface area (TPSA) is 71.8 Å². The van der Waals surface area contributed by atoms with E-state index in [1.807, 2.05) is 41.9 Å². The number of carbonyl (C=O) groups is 1. The van der Waals surface area contributed by atoms with Crippen LogP contribution in [0, 0.1) is 6.92 Å². The number of amides is 2. The number of benzene rings is 1. The molecule has 0 aliphatic rings. The monoisotopic (exact) mass is 335 g/mol. The molecule has 0 radical (unpaired) electrons. The van der Waals surface area contributed by atoms with Crippen molar-refractivity contribution < 1.29 is 4.79 Å². The van der Waals surface area contributed by atoms with E-state index < -0.39 is 0 Å². The van der Waals surface area contributed by atoms with Gasteiger partial charge in [0.1, 0.15) is 0 Å². The molecule has 2 amide bonds. The SMILES string of the molecule is Cc1nn(-c2ccccc2)cc1CCCNC(=O)Nc1cccnc1. The lowest BCUT2D eigenvalue weighted by Gasteiger charge is -2.06. The number of anilines is 1. The van der Waals surface area contributed by atoms with Crippen LogP contribution in [0.3, 0.4) is 0 Å². The molecule has 0 saturated carbocycles. The van der Waals surface area contributed by atoms with Crippen LogP contribution in [0.15, 0.2) is 61.1 Å². The second-order valence-corrected chi connectivity index (χ2v) is 5.75. The molecule has 2 heterocycles. The van der Waals surface area contributed by atoms with Gasteiger partial charge in [-0.2, -0.15) is 5.10 Å². The van der Waals surface area contributed by atoms with Crippen LogP contribution >= 0.6 is 0 Å². The quantitative estimate of drug-likeness (QED) is 0.679. The predicted molar refractivity (Wildman–Crippen MR) is 97.9 cm³/mol. The van der Waals surface area contributed by atoms with Crippen LogP contribution in [-0.2, 0) is 6.42 Å². The number of carbonyl (C=O) groups excluding carboxylic acids is 1. The number of nitrogens with one attached hydrogen (secondary N) is 2. The summed E-state index contributed by atoms with van der Waals surface area (Å²) >= 11 is 0. The minimum Gasteiger partial charge on any atom is -0.338 e. The van der Waals surface area contributed by atoms with Gasteiger partial charge in [0.2, 0.25) is 0 Å². The first-order chi connectivity index (χ1) is 12.2. The Morgan fingerprint density at radius 2 is 2.00 bits per heavy atom. The fourth-order valence-electron chi connectivity index (χ4n) is 2.55. The van der Waals surface area contributed by atoms with Crippen LogP contribution in [0.4, 0.5) is 10.5 Å². The number of aromatic nitrogens is 3. The second-order valence-electron chi connectivity index (χ2n) is 5.75. The molecule has 6 heteroatoms. The zero-order chi connectivity index (χ0) is 17.5. The molecule has 3 aromatic rings. The first-order valence-electron chi connectivity index (χ1n) is 8.28. The number of pyridine rings is 1. The zero-order valence-corrected chi connectivity index (χ0v) is 14.1. The maximum atomic E-state index is 11.8. The molecule has 25 heavy (non-hydrogen) atoms. The maximum absolute atomic E-state index is 11.8. The van der Waals surface area contributed by atoms with Gasteiger partial charge in [0, 0.05) is 18.9 Å². The van der Waals surface area contributed by atoms with Crippen molar-refractivity contribution >= 4 is 11.7 Å². The number of rotatable bonds is 6. The van der Waals surface area contributed by atoms with Gasteiger partial charge < -0.3 is 10.6 Å². The van der Waals surface area contributed by atoms with Crippen molar-refractivity contribution in [2.75, 3.05) is 11.9 Å². The van der Waals surface area contributed by atoms with Crippen LogP contribution in [0.1, 0.15) is 17.7 Å². The van der Waals surface area contributed by atoms with Crippen molar-refractivity contribution in [3.05, 3.63) is 72.3 Å². The summed E-state index contributed by atoms with van der Waals surface area (Å²) < 4.78 is 1.90. The molecule has 0 atom stereocenters. The van der Waals surface area contributed by atoms with E-state index in [9.17, 15) is 4.79 Å². The molecule has 6 nitrogen and oxygen atoms in total. The molecule has 2 N–H and O–H groups in total. The Labute approximate surface area is 146 Å². The summed E-state index contributed by atoms with van der Waals surface area (Å²) in [5.74, 6) is 0. The fraction of sp³-hybridized carbons (Fsp3) is 0.211. The summed E-state index contributed by atoms with van der Waals surface area (Å²) in [6.45, 7) is 2.61. The summed E-state index contributed by atoms with van der Waals surface area (Å²) in [7, 11) is 0. The van der Waals surface area contributed by atoms with Crippen LogP contribution in [0.2, 0.25) is 0 Å². The Hall–Kier alpha value is -3.15. The number of urea groups is 1. The fourth-order valence-corrected chi connectivity index (χ4v) is 2.55. The number of nitrogens with zero attached hydrogens (tertiary/aromatic N) is 3. The van der Waals surface area contributed by atoms with Gasteiger partial charge in [-0.25, -0.2) is 9.48 Å². The van der Waals surface area contributed by atoms with Gasteiger partial charge in [0.05, 0.1) is 23.3 Å². The Bertz CT molecular complexity index is 814. The minimum absolute atomic E-state index is 0.218. The van der Waals surface area contributed by atoms with E-state index in [4.69, 9.17) is 0 Å². The van der Waals surface area contributed by atoms with E-state index in [1.165, 1.54) is 5.56 Å². The summed E-state index contributed by atoms with van der Waals surface area (Å²) in [6.07, 6.45) is 7.05. The molecular formula is C19H21N5O. The third-order valence-electron chi connectivity index (χ3n) is 3.85. The van der Waals surface area contributed by atoms with Crippen LogP contribution < -0.4 is 10.6 Å². The third-order valence-corrected chi connectivity index (χ3v) is 3.85. The average molecular weight is 335 g/mol. The van der Waals surface area contributed by atoms with E-state index in [2.05, 4.69) is 26.9 Å². The normalized spacial score (nSPS) is 10.4. The molecule has 0 bridgehead atoms. The van der Waals surface area contributed by atoms with Gasteiger partial charge in [0.25, 0.3) is 0 Å². The number of hydrogen-bond acceptors (Lipinski definition) is 3. The summed E-state index contributed by atoms with van der Waals surface area (Å²) in [5, 5.41) is 10.2. The lowest BCUT2D eigenvalue weighted by molar-refractivity contribution is 0.252.